The maximum Gasteiger partial charge on any atom is 0.185 e. The van der Waals surface area contributed by atoms with Crippen LogP contribution in [-0.2, 0) is 0 Å². The van der Waals surface area contributed by atoms with Crippen LogP contribution in [0.4, 0.5) is 0 Å². The first-order valence-electron chi connectivity index (χ1n) is 5.97. The smallest absolute Gasteiger partial charge is 0.185 e. The van der Waals surface area contributed by atoms with Crippen LogP contribution >= 0.6 is 0 Å². The van der Waals surface area contributed by atoms with E-state index in [4.69, 9.17) is 9.47 Å². The highest BCUT2D eigenvalue weighted by atomic mass is 16.5. The lowest BCUT2D eigenvalue weighted by atomic mass is 9.98. The van der Waals surface area contributed by atoms with Gasteiger partial charge in [-0.3, -0.25) is 0 Å². The summed E-state index contributed by atoms with van der Waals surface area (Å²) in [6.07, 6.45) is 0. The van der Waals surface area contributed by atoms with E-state index in [1.165, 1.54) is 14.2 Å². The molecule has 0 aromatic heterocycles. The van der Waals surface area contributed by atoms with Gasteiger partial charge in [-0.2, -0.15) is 21.0 Å². The van der Waals surface area contributed by atoms with Crippen molar-refractivity contribution in [2.75, 3.05) is 14.2 Å². The highest BCUT2D eigenvalue weighted by Crippen LogP contribution is 2.73. The summed E-state index contributed by atoms with van der Waals surface area (Å²) in [7, 11) is 2.94. The molecule has 1 aliphatic rings. The van der Waals surface area contributed by atoms with Gasteiger partial charge in [-0.05, 0) is 17.7 Å². The van der Waals surface area contributed by atoms with Gasteiger partial charge in [0, 0.05) is 0 Å². The topological polar surface area (TPSA) is 114 Å². The summed E-state index contributed by atoms with van der Waals surface area (Å²) in [6, 6.07) is 12.2. The Hall–Kier alpha value is -3.22. The van der Waals surface area contributed by atoms with Crippen LogP contribution in [0.1, 0.15) is 11.5 Å². The van der Waals surface area contributed by atoms with Gasteiger partial charge in [0.25, 0.3) is 0 Å². The van der Waals surface area contributed by atoms with Gasteiger partial charge in [0.15, 0.2) is 22.3 Å². The maximum absolute atomic E-state index is 9.28. The fourth-order valence-electron chi connectivity index (χ4n) is 2.67. The Morgan fingerprint density at radius 1 is 0.857 bits per heavy atom. The number of nitrogens with zero attached hydrogens (tertiary/aromatic N) is 4. The Kier molecular flexibility index (Phi) is 3.18. The molecule has 1 fully saturated rings. The molecular weight excluding hydrogens is 268 g/mol. The van der Waals surface area contributed by atoms with Gasteiger partial charge < -0.3 is 9.47 Å². The molecule has 21 heavy (non-hydrogen) atoms. The Morgan fingerprint density at radius 2 is 1.33 bits per heavy atom. The largest absolute Gasteiger partial charge is 0.493 e. The molecule has 6 nitrogen and oxygen atoms in total. The Morgan fingerprint density at radius 3 is 1.71 bits per heavy atom. The SMILES string of the molecule is COc1ccc(C2C(C#N)(C#N)C2(C#N)C#N)cc1OC. The Balaban J connectivity index is 2.59. The summed E-state index contributed by atoms with van der Waals surface area (Å²) in [5.41, 5.74) is -2.79. The van der Waals surface area contributed by atoms with Crippen LogP contribution in [0.25, 0.3) is 0 Å². The van der Waals surface area contributed by atoms with Gasteiger partial charge in [0.2, 0.25) is 0 Å². The monoisotopic (exact) mass is 278 g/mol. The van der Waals surface area contributed by atoms with E-state index < -0.39 is 16.7 Å². The predicted molar refractivity (Wildman–Crippen MR) is 69.6 cm³/mol. The third-order valence-corrected chi connectivity index (χ3v) is 3.85. The number of ether oxygens (including phenoxy) is 2. The minimum atomic E-state index is -1.66. The van der Waals surface area contributed by atoms with Crippen LogP contribution in [-0.4, -0.2) is 14.2 Å². The average molecular weight is 278 g/mol. The van der Waals surface area contributed by atoms with Crippen molar-refractivity contribution >= 4 is 0 Å². The number of hydrogen-bond acceptors (Lipinski definition) is 6. The van der Waals surface area contributed by atoms with Crippen LogP contribution in [0.2, 0.25) is 0 Å². The quantitative estimate of drug-likeness (QED) is 0.833. The van der Waals surface area contributed by atoms with Crippen molar-refractivity contribution in [1.29, 1.82) is 21.0 Å². The fraction of sp³-hybridized carbons (Fsp3) is 0.333. The molecule has 0 bridgehead atoms. The zero-order valence-corrected chi connectivity index (χ0v) is 11.4. The normalized spacial score (nSPS) is 17.4. The van der Waals surface area contributed by atoms with Gasteiger partial charge in [0.1, 0.15) is 0 Å². The first-order chi connectivity index (χ1) is 10.1. The second-order valence-electron chi connectivity index (χ2n) is 4.61. The molecular formula is C15H10N4O2. The number of rotatable bonds is 3. The van der Waals surface area contributed by atoms with Gasteiger partial charge in [-0.25, -0.2) is 0 Å². The molecule has 0 spiro atoms. The van der Waals surface area contributed by atoms with E-state index in [1.807, 2.05) is 24.3 Å². The number of methoxy groups -OCH3 is 2. The van der Waals surface area contributed by atoms with E-state index in [0.717, 1.165) is 0 Å². The highest BCUT2D eigenvalue weighted by Gasteiger charge is 2.82. The van der Waals surface area contributed by atoms with E-state index >= 15 is 0 Å². The van der Waals surface area contributed by atoms with E-state index in [9.17, 15) is 21.0 Å². The number of benzene rings is 1. The summed E-state index contributed by atoms with van der Waals surface area (Å²) in [5.74, 6) is 0.104. The molecule has 1 aliphatic carbocycles. The van der Waals surface area contributed by atoms with Gasteiger partial charge in [0.05, 0.1) is 44.4 Å². The molecule has 102 valence electrons. The minimum absolute atomic E-state index is 0.413. The standard InChI is InChI=1S/C15H10N4O2/c1-20-11-4-3-10(5-12(11)21-2)13-14(6-16,7-17)15(13,8-18)9-19/h3-5,13H,1-2H3. The summed E-state index contributed by atoms with van der Waals surface area (Å²) < 4.78 is 10.3. The molecule has 0 radical (unpaired) electrons. The average Bonchev–Trinajstić information content (AvgIpc) is 3.16. The Labute approximate surface area is 122 Å². The minimum Gasteiger partial charge on any atom is -0.493 e. The first kappa shape index (κ1) is 14.2. The van der Waals surface area contributed by atoms with Crippen molar-refractivity contribution < 1.29 is 9.47 Å². The van der Waals surface area contributed by atoms with Crippen LogP contribution < -0.4 is 9.47 Å². The lowest BCUT2D eigenvalue weighted by Gasteiger charge is -2.09. The van der Waals surface area contributed by atoms with E-state index in [2.05, 4.69) is 0 Å². The highest BCUT2D eigenvalue weighted by molar-refractivity contribution is 5.60. The number of hydrogen-bond donors (Lipinski definition) is 0. The van der Waals surface area contributed by atoms with Crippen molar-refractivity contribution in [3.05, 3.63) is 23.8 Å². The summed E-state index contributed by atoms with van der Waals surface area (Å²) in [5, 5.41) is 37.1. The summed E-state index contributed by atoms with van der Waals surface area (Å²) >= 11 is 0. The van der Waals surface area contributed by atoms with Crippen molar-refractivity contribution in [1.82, 2.24) is 0 Å². The van der Waals surface area contributed by atoms with Gasteiger partial charge in [-0.15, -0.1) is 0 Å². The van der Waals surface area contributed by atoms with Crippen LogP contribution in [0.5, 0.6) is 11.5 Å². The van der Waals surface area contributed by atoms with Crippen LogP contribution in [0.3, 0.4) is 0 Å². The zero-order valence-electron chi connectivity index (χ0n) is 11.4. The molecule has 0 aliphatic heterocycles. The van der Waals surface area contributed by atoms with Crippen molar-refractivity contribution in [3.63, 3.8) is 0 Å². The third kappa shape index (κ3) is 1.54. The van der Waals surface area contributed by atoms with Crippen LogP contribution in [0.15, 0.2) is 18.2 Å². The summed E-state index contributed by atoms with van der Waals surface area (Å²) in [6.45, 7) is 0. The molecule has 0 heterocycles. The van der Waals surface area contributed by atoms with Gasteiger partial charge in [-0.1, -0.05) is 6.07 Å². The molecule has 0 unspecified atom stereocenters. The molecule has 1 aromatic carbocycles. The maximum atomic E-state index is 9.28. The summed E-state index contributed by atoms with van der Waals surface area (Å²) in [4.78, 5) is 0. The Bertz CT molecular complexity index is 692. The van der Waals surface area contributed by atoms with E-state index in [1.54, 1.807) is 18.2 Å². The molecule has 0 N–H and O–H groups in total. The zero-order chi connectivity index (χ0) is 15.7. The molecule has 1 saturated carbocycles. The van der Waals surface area contributed by atoms with Crippen molar-refractivity contribution in [2.24, 2.45) is 10.8 Å². The van der Waals surface area contributed by atoms with Crippen LogP contribution in [0, 0.1) is 56.2 Å². The molecule has 0 saturated heterocycles. The van der Waals surface area contributed by atoms with Crippen molar-refractivity contribution in [2.45, 2.75) is 5.92 Å². The molecule has 6 heteroatoms. The molecule has 1 aromatic rings. The molecule has 0 atom stereocenters. The van der Waals surface area contributed by atoms with Crippen molar-refractivity contribution in [3.8, 4) is 35.8 Å². The predicted octanol–water partition coefficient (Wildman–Crippen LogP) is 1.87. The second kappa shape index (κ2) is 4.71. The van der Waals surface area contributed by atoms with Gasteiger partial charge >= 0.3 is 0 Å². The second-order valence-corrected chi connectivity index (χ2v) is 4.61. The first-order valence-corrected chi connectivity index (χ1v) is 5.97. The third-order valence-electron chi connectivity index (χ3n) is 3.85. The lowest BCUT2D eigenvalue weighted by Crippen LogP contribution is -2.05. The lowest BCUT2D eigenvalue weighted by molar-refractivity contribution is 0.354. The molecule has 0 amide bonds. The molecule has 2 rings (SSSR count). The van der Waals surface area contributed by atoms with E-state index in [0.29, 0.717) is 17.1 Å². The van der Waals surface area contributed by atoms with E-state index in [-0.39, 0.29) is 0 Å². The number of nitriles is 4. The fourth-order valence-corrected chi connectivity index (χ4v) is 2.67.